The number of hydrogen-bond donors (Lipinski definition) is 2. The van der Waals surface area contributed by atoms with Gasteiger partial charge in [0, 0.05) is 24.3 Å². The lowest BCUT2D eigenvalue weighted by Gasteiger charge is -2.32. The fourth-order valence-corrected chi connectivity index (χ4v) is 2.20. The molecule has 1 atom stereocenters. The zero-order valence-corrected chi connectivity index (χ0v) is 12.5. The third-order valence-corrected chi connectivity index (χ3v) is 3.48. The molecule has 1 unspecified atom stereocenters. The number of benzene rings is 1. The normalized spacial score (nSPS) is 12.8. The first kappa shape index (κ1) is 15.9. The average Bonchev–Trinajstić information content (AvgIpc) is 2.37. The summed E-state index contributed by atoms with van der Waals surface area (Å²) in [6.07, 6.45) is 0. The summed E-state index contributed by atoms with van der Waals surface area (Å²) in [6, 6.07) is 3.78. The second kappa shape index (κ2) is 6.87. The third kappa shape index (κ3) is 3.67. The molecule has 0 aromatic heterocycles. The van der Waals surface area contributed by atoms with Crippen molar-refractivity contribution in [1.29, 1.82) is 0 Å². The molecule has 1 aromatic carbocycles. The lowest BCUT2D eigenvalue weighted by molar-refractivity contribution is 0.299. The second-order valence-corrected chi connectivity index (χ2v) is 5.18. The molecule has 0 aliphatic heterocycles. The molecule has 108 valence electrons. The summed E-state index contributed by atoms with van der Waals surface area (Å²) >= 11 is 0. The second-order valence-electron chi connectivity index (χ2n) is 5.18. The van der Waals surface area contributed by atoms with Gasteiger partial charge in [0.2, 0.25) is 0 Å². The first-order valence-electron chi connectivity index (χ1n) is 6.77. The fourth-order valence-electron chi connectivity index (χ4n) is 2.20. The minimum absolute atomic E-state index is 0.0602. The largest absolute Gasteiger partial charge is 0.395 e. The third-order valence-electron chi connectivity index (χ3n) is 3.48. The van der Waals surface area contributed by atoms with Crippen LogP contribution >= 0.6 is 0 Å². The summed E-state index contributed by atoms with van der Waals surface area (Å²) in [5.41, 5.74) is 2.54. The van der Waals surface area contributed by atoms with Gasteiger partial charge in [0.25, 0.3) is 0 Å². The summed E-state index contributed by atoms with van der Waals surface area (Å²) < 4.78 is 13.8. The van der Waals surface area contributed by atoms with E-state index in [1.807, 2.05) is 20.0 Å². The molecule has 0 aliphatic rings. The summed E-state index contributed by atoms with van der Waals surface area (Å²) in [5, 5.41) is 12.4. The predicted octanol–water partition coefficient (Wildman–Crippen LogP) is 2.62. The van der Waals surface area contributed by atoms with Crippen molar-refractivity contribution < 1.29 is 9.50 Å². The Balaban J connectivity index is 3.32. The van der Waals surface area contributed by atoms with Gasteiger partial charge in [-0.1, -0.05) is 0 Å². The molecule has 0 saturated carbocycles. The van der Waals surface area contributed by atoms with E-state index in [2.05, 4.69) is 24.1 Å². The van der Waals surface area contributed by atoms with Crippen LogP contribution in [0.2, 0.25) is 0 Å². The van der Waals surface area contributed by atoms with Gasteiger partial charge in [-0.3, -0.25) is 0 Å². The number of aliphatic hydroxyl groups is 1. The lowest BCUT2D eigenvalue weighted by atomic mass is 10.0. The Morgan fingerprint density at radius 2 is 1.95 bits per heavy atom. The van der Waals surface area contributed by atoms with Crippen LogP contribution in [0.15, 0.2) is 12.1 Å². The molecule has 0 heterocycles. The van der Waals surface area contributed by atoms with Crippen molar-refractivity contribution in [1.82, 2.24) is 5.32 Å². The lowest BCUT2D eigenvalue weighted by Crippen LogP contribution is -2.35. The van der Waals surface area contributed by atoms with E-state index in [1.165, 1.54) is 0 Å². The number of halogens is 1. The van der Waals surface area contributed by atoms with Gasteiger partial charge in [-0.15, -0.1) is 0 Å². The van der Waals surface area contributed by atoms with E-state index >= 15 is 0 Å². The van der Waals surface area contributed by atoms with Gasteiger partial charge >= 0.3 is 0 Å². The molecular weight excluding hydrogens is 243 g/mol. The Kier molecular flexibility index (Phi) is 5.76. The molecular formula is C15H25FN2O. The van der Waals surface area contributed by atoms with Crippen LogP contribution in [0.5, 0.6) is 0 Å². The quantitative estimate of drug-likeness (QED) is 0.832. The fraction of sp³-hybridized carbons (Fsp3) is 0.600. The van der Waals surface area contributed by atoms with Gasteiger partial charge in [0.1, 0.15) is 5.82 Å². The molecule has 0 fully saturated rings. The topological polar surface area (TPSA) is 35.5 Å². The van der Waals surface area contributed by atoms with Gasteiger partial charge in [-0.2, -0.15) is 0 Å². The molecule has 0 aliphatic carbocycles. The average molecular weight is 268 g/mol. The summed E-state index contributed by atoms with van der Waals surface area (Å²) in [7, 11) is 1.86. The number of hydrogen-bond acceptors (Lipinski definition) is 3. The molecule has 4 heteroatoms. The Bertz CT molecular complexity index is 421. The van der Waals surface area contributed by atoms with Crippen molar-refractivity contribution in [2.75, 3.05) is 25.1 Å². The Morgan fingerprint density at radius 3 is 2.42 bits per heavy atom. The molecule has 0 saturated heterocycles. The summed E-state index contributed by atoms with van der Waals surface area (Å²) in [4.78, 5) is 2.11. The molecule has 2 N–H and O–H groups in total. The van der Waals surface area contributed by atoms with Crippen LogP contribution in [-0.4, -0.2) is 31.3 Å². The van der Waals surface area contributed by atoms with Crippen LogP contribution in [0, 0.1) is 12.7 Å². The minimum Gasteiger partial charge on any atom is -0.395 e. The highest BCUT2D eigenvalue weighted by Crippen LogP contribution is 2.30. The van der Waals surface area contributed by atoms with Gasteiger partial charge in [0.15, 0.2) is 0 Å². The van der Waals surface area contributed by atoms with Crippen molar-refractivity contribution in [2.24, 2.45) is 0 Å². The number of nitrogens with zero attached hydrogens (tertiary/aromatic N) is 1. The Labute approximate surface area is 115 Å². The summed E-state index contributed by atoms with van der Waals surface area (Å²) in [5.74, 6) is -0.187. The van der Waals surface area contributed by atoms with Gasteiger partial charge in [-0.25, -0.2) is 4.39 Å². The molecule has 19 heavy (non-hydrogen) atoms. The van der Waals surface area contributed by atoms with Crippen LogP contribution < -0.4 is 10.2 Å². The first-order valence-corrected chi connectivity index (χ1v) is 6.77. The number of nitrogens with one attached hydrogen (secondary N) is 1. The molecule has 3 nitrogen and oxygen atoms in total. The zero-order valence-electron chi connectivity index (χ0n) is 12.5. The molecule has 1 rings (SSSR count). The Hall–Kier alpha value is -1.13. The molecule has 0 amide bonds. The highest BCUT2D eigenvalue weighted by Gasteiger charge is 2.19. The highest BCUT2D eigenvalue weighted by molar-refractivity contribution is 5.57. The van der Waals surface area contributed by atoms with Gasteiger partial charge in [0.05, 0.1) is 6.61 Å². The van der Waals surface area contributed by atoms with E-state index in [9.17, 15) is 9.50 Å². The number of aryl methyl sites for hydroxylation is 1. The van der Waals surface area contributed by atoms with Crippen LogP contribution in [0.3, 0.4) is 0 Å². The number of aliphatic hydroxyl groups excluding tert-OH is 1. The van der Waals surface area contributed by atoms with E-state index in [4.69, 9.17) is 0 Å². The van der Waals surface area contributed by atoms with Crippen molar-refractivity contribution >= 4 is 5.69 Å². The maximum Gasteiger partial charge on any atom is 0.126 e. The van der Waals surface area contributed by atoms with E-state index < -0.39 is 0 Å². The molecule has 0 radical (unpaired) electrons. The van der Waals surface area contributed by atoms with Gasteiger partial charge in [-0.05, 0) is 58.0 Å². The monoisotopic (exact) mass is 268 g/mol. The van der Waals surface area contributed by atoms with Gasteiger partial charge < -0.3 is 15.3 Å². The van der Waals surface area contributed by atoms with E-state index in [1.54, 1.807) is 13.0 Å². The number of anilines is 1. The predicted molar refractivity (Wildman–Crippen MR) is 78.2 cm³/mol. The minimum atomic E-state index is -0.187. The first-order chi connectivity index (χ1) is 8.92. The van der Waals surface area contributed by atoms with Crippen LogP contribution in [0.25, 0.3) is 0 Å². The molecule has 1 aromatic rings. The van der Waals surface area contributed by atoms with Crippen molar-refractivity contribution in [3.63, 3.8) is 0 Å². The molecule has 0 bridgehead atoms. The SMILES string of the molecule is CNC(C)c1cc(F)c(C)cc1N(CCO)C(C)C. The molecule has 0 spiro atoms. The van der Waals surface area contributed by atoms with E-state index in [0.29, 0.717) is 12.1 Å². The highest BCUT2D eigenvalue weighted by atomic mass is 19.1. The van der Waals surface area contributed by atoms with Crippen molar-refractivity contribution in [3.05, 3.63) is 29.1 Å². The van der Waals surface area contributed by atoms with Crippen molar-refractivity contribution in [2.45, 2.75) is 39.8 Å². The maximum atomic E-state index is 13.8. The van der Waals surface area contributed by atoms with Crippen molar-refractivity contribution in [3.8, 4) is 0 Å². The van der Waals surface area contributed by atoms with Crippen LogP contribution in [0.4, 0.5) is 10.1 Å². The smallest absolute Gasteiger partial charge is 0.126 e. The van der Waals surface area contributed by atoms with Crippen LogP contribution in [-0.2, 0) is 0 Å². The Morgan fingerprint density at radius 1 is 1.32 bits per heavy atom. The zero-order chi connectivity index (χ0) is 14.6. The van der Waals surface area contributed by atoms with Crippen LogP contribution in [0.1, 0.15) is 37.9 Å². The van der Waals surface area contributed by atoms with E-state index in [0.717, 1.165) is 11.3 Å². The summed E-state index contributed by atoms with van der Waals surface area (Å²) in [6.45, 7) is 8.55. The maximum absolute atomic E-state index is 13.8. The van der Waals surface area contributed by atoms with E-state index in [-0.39, 0.29) is 24.5 Å². The standard InChI is InChI=1S/C15H25FN2O/c1-10(2)18(6-7-19)15-8-11(3)14(16)9-13(15)12(4)17-5/h8-10,12,17,19H,6-7H2,1-5H3. The number of rotatable bonds is 6.